The standard InChI is InChI=1S/C24H24N2O2/c27-24(26-16-18-6-8-21(9-7-18)22-10-11-22)14-19-3-1-5-23(13-19)28-17-20-4-2-12-25-15-20/h1-9,12-13,15,22H,10-11,14,16-17H2,(H,26,27). The Kier molecular flexibility index (Phi) is 5.66. The normalized spacial score (nSPS) is 13.1. The van der Waals surface area contributed by atoms with Crippen molar-refractivity contribution < 1.29 is 9.53 Å². The van der Waals surface area contributed by atoms with Crippen molar-refractivity contribution >= 4 is 5.91 Å². The van der Waals surface area contributed by atoms with Crippen LogP contribution in [-0.2, 0) is 24.4 Å². The number of hydrogen-bond acceptors (Lipinski definition) is 3. The maximum Gasteiger partial charge on any atom is 0.224 e. The van der Waals surface area contributed by atoms with Crippen molar-refractivity contribution in [1.82, 2.24) is 10.3 Å². The van der Waals surface area contributed by atoms with E-state index in [0.717, 1.165) is 28.4 Å². The molecule has 0 radical (unpaired) electrons. The summed E-state index contributed by atoms with van der Waals surface area (Å²) < 4.78 is 5.81. The number of aromatic nitrogens is 1. The summed E-state index contributed by atoms with van der Waals surface area (Å²) in [7, 11) is 0. The second-order valence-corrected chi connectivity index (χ2v) is 7.27. The highest BCUT2D eigenvalue weighted by atomic mass is 16.5. The molecule has 1 N–H and O–H groups in total. The summed E-state index contributed by atoms with van der Waals surface area (Å²) >= 11 is 0. The molecule has 142 valence electrons. The predicted octanol–water partition coefficient (Wildman–Crippen LogP) is 4.40. The molecule has 4 heteroatoms. The Morgan fingerprint density at radius 1 is 1.00 bits per heavy atom. The zero-order valence-corrected chi connectivity index (χ0v) is 15.8. The topological polar surface area (TPSA) is 51.2 Å². The van der Waals surface area contributed by atoms with Crippen LogP contribution in [0.15, 0.2) is 73.1 Å². The van der Waals surface area contributed by atoms with E-state index in [0.29, 0.717) is 19.6 Å². The third-order valence-corrected chi connectivity index (χ3v) is 4.91. The van der Waals surface area contributed by atoms with Crippen LogP contribution in [-0.4, -0.2) is 10.9 Å². The van der Waals surface area contributed by atoms with E-state index >= 15 is 0 Å². The monoisotopic (exact) mass is 372 g/mol. The first-order valence-corrected chi connectivity index (χ1v) is 9.72. The number of amides is 1. The average molecular weight is 372 g/mol. The quantitative estimate of drug-likeness (QED) is 0.638. The van der Waals surface area contributed by atoms with Crippen molar-refractivity contribution in [3.8, 4) is 5.75 Å². The largest absolute Gasteiger partial charge is 0.489 e. The fourth-order valence-electron chi connectivity index (χ4n) is 3.17. The van der Waals surface area contributed by atoms with E-state index < -0.39 is 0 Å². The Hall–Kier alpha value is -3.14. The summed E-state index contributed by atoms with van der Waals surface area (Å²) in [6, 6.07) is 20.1. The number of hydrogen-bond donors (Lipinski definition) is 1. The highest BCUT2D eigenvalue weighted by Crippen LogP contribution is 2.39. The molecule has 0 atom stereocenters. The van der Waals surface area contributed by atoms with Gasteiger partial charge in [-0.2, -0.15) is 0 Å². The predicted molar refractivity (Wildman–Crippen MR) is 109 cm³/mol. The number of pyridine rings is 1. The van der Waals surface area contributed by atoms with E-state index in [2.05, 4.69) is 34.6 Å². The second-order valence-electron chi connectivity index (χ2n) is 7.27. The Morgan fingerprint density at radius 2 is 1.82 bits per heavy atom. The van der Waals surface area contributed by atoms with Gasteiger partial charge in [0.25, 0.3) is 0 Å². The van der Waals surface area contributed by atoms with Gasteiger partial charge in [0.1, 0.15) is 12.4 Å². The molecule has 0 aliphatic heterocycles. The number of ether oxygens (including phenoxy) is 1. The lowest BCUT2D eigenvalue weighted by Gasteiger charge is -2.09. The molecule has 4 nitrogen and oxygen atoms in total. The third kappa shape index (κ3) is 5.19. The molecule has 1 aliphatic rings. The van der Waals surface area contributed by atoms with E-state index in [4.69, 9.17) is 4.74 Å². The summed E-state index contributed by atoms with van der Waals surface area (Å²) in [4.78, 5) is 16.4. The maximum absolute atomic E-state index is 12.3. The number of rotatable bonds is 8. The van der Waals surface area contributed by atoms with Crippen LogP contribution in [0.4, 0.5) is 0 Å². The van der Waals surface area contributed by atoms with Crippen molar-refractivity contribution in [2.24, 2.45) is 0 Å². The van der Waals surface area contributed by atoms with E-state index in [-0.39, 0.29) is 5.91 Å². The summed E-state index contributed by atoms with van der Waals surface area (Å²) in [6.45, 7) is 1.02. The third-order valence-electron chi connectivity index (χ3n) is 4.91. The Bertz CT molecular complexity index is 919. The summed E-state index contributed by atoms with van der Waals surface area (Å²) in [5.74, 6) is 1.52. The highest BCUT2D eigenvalue weighted by Gasteiger charge is 2.22. The fraction of sp³-hybridized carbons (Fsp3) is 0.250. The van der Waals surface area contributed by atoms with E-state index in [1.54, 1.807) is 12.4 Å². The SMILES string of the molecule is O=C(Cc1cccc(OCc2cccnc2)c1)NCc1ccc(C2CC2)cc1. The van der Waals surface area contributed by atoms with Gasteiger partial charge in [0.05, 0.1) is 6.42 Å². The van der Waals surface area contributed by atoms with Crippen LogP contribution in [0.25, 0.3) is 0 Å². The first-order valence-electron chi connectivity index (χ1n) is 9.72. The lowest BCUT2D eigenvalue weighted by Crippen LogP contribution is -2.24. The molecule has 1 amide bonds. The van der Waals surface area contributed by atoms with Crippen LogP contribution >= 0.6 is 0 Å². The molecule has 1 fully saturated rings. The van der Waals surface area contributed by atoms with Crippen molar-refractivity contribution in [3.63, 3.8) is 0 Å². The van der Waals surface area contributed by atoms with Crippen LogP contribution in [0, 0.1) is 0 Å². The van der Waals surface area contributed by atoms with E-state index in [1.165, 1.54) is 18.4 Å². The molecule has 28 heavy (non-hydrogen) atoms. The Morgan fingerprint density at radius 3 is 2.57 bits per heavy atom. The molecule has 1 aliphatic carbocycles. The fourth-order valence-corrected chi connectivity index (χ4v) is 3.17. The van der Waals surface area contributed by atoms with Crippen molar-refractivity contribution in [2.45, 2.75) is 38.3 Å². The van der Waals surface area contributed by atoms with Gasteiger partial charge in [0.2, 0.25) is 5.91 Å². The highest BCUT2D eigenvalue weighted by molar-refractivity contribution is 5.78. The van der Waals surface area contributed by atoms with Gasteiger partial charge in [-0.05, 0) is 53.6 Å². The van der Waals surface area contributed by atoms with Gasteiger partial charge in [0.15, 0.2) is 0 Å². The summed E-state index contributed by atoms with van der Waals surface area (Å²) in [6.07, 6.45) is 6.48. The lowest BCUT2D eigenvalue weighted by atomic mass is 10.1. The maximum atomic E-state index is 12.3. The number of carbonyl (C=O) groups is 1. The molecule has 0 bridgehead atoms. The van der Waals surface area contributed by atoms with Gasteiger partial charge < -0.3 is 10.1 Å². The van der Waals surface area contributed by atoms with E-state index in [1.807, 2.05) is 36.4 Å². The van der Waals surface area contributed by atoms with Gasteiger partial charge in [-0.3, -0.25) is 9.78 Å². The van der Waals surface area contributed by atoms with Crippen LogP contribution in [0.3, 0.4) is 0 Å². The smallest absolute Gasteiger partial charge is 0.224 e. The lowest BCUT2D eigenvalue weighted by molar-refractivity contribution is -0.120. The van der Waals surface area contributed by atoms with Crippen LogP contribution in [0.1, 0.15) is 41.0 Å². The zero-order valence-electron chi connectivity index (χ0n) is 15.8. The first-order chi connectivity index (χ1) is 13.8. The number of carbonyl (C=O) groups excluding carboxylic acids is 1. The molecule has 0 saturated heterocycles. The summed E-state index contributed by atoms with van der Waals surface area (Å²) in [5.41, 5.74) is 4.49. The minimum Gasteiger partial charge on any atom is -0.489 e. The first kappa shape index (κ1) is 18.2. The molecule has 0 spiro atoms. The molecule has 3 aromatic rings. The Labute approximate surface area is 165 Å². The number of nitrogens with zero attached hydrogens (tertiary/aromatic N) is 1. The van der Waals surface area contributed by atoms with Crippen molar-refractivity contribution in [3.05, 3.63) is 95.3 Å². The minimum atomic E-state index is 0.00989. The molecule has 2 aromatic carbocycles. The zero-order chi connectivity index (χ0) is 19.2. The molecule has 4 rings (SSSR count). The van der Waals surface area contributed by atoms with Gasteiger partial charge in [-0.15, -0.1) is 0 Å². The molecule has 1 aromatic heterocycles. The molecule has 0 unspecified atom stereocenters. The van der Waals surface area contributed by atoms with Gasteiger partial charge >= 0.3 is 0 Å². The second kappa shape index (κ2) is 8.70. The Balaban J connectivity index is 1.26. The van der Waals surface area contributed by atoms with Crippen LogP contribution < -0.4 is 10.1 Å². The average Bonchev–Trinajstić information content (AvgIpc) is 3.58. The summed E-state index contributed by atoms with van der Waals surface area (Å²) in [5, 5.41) is 3.00. The van der Waals surface area contributed by atoms with Crippen molar-refractivity contribution in [2.75, 3.05) is 0 Å². The van der Waals surface area contributed by atoms with Crippen LogP contribution in [0.2, 0.25) is 0 Å². The molecular formula is C24H24N2O2. The van der Waals surface area contributed by atoms with Gasteiger partial charge in [-0.1, -0.05) is 42.5 Å². The van der Waals surface area contributed by atoms with Crippen molar-refractivity contribution in [1.29, 1.82) is 0 Å². The molecule has 1 heterocycles. The van der Waals surface area contributed by atoms with Gasteiger partial charge in [-0.25, -0.2) is 0 Å². The number of benzene rings is 2. The number of nitrogens with one attached hydrogen (secondary N) is 1. The minimum absolute atomic E-state index is 0.00989. The van der Waals surface area contributed by atoms with Crippen LogP contribution in [0.5, 0.6) is 5.75 Å². The van der Waals surface area contributed by atoms with Gasteiger partial charge in [0, 0.05) is 24.5 Å². The van der Waals surface area contributed by atoms with E-state index in [9.17, 15) is 4.79 Å². The molecular weight excluding hydrogens is 348 g/mol. The molecule has 1 saturated carbocycles.